The summed E-state index contributed by atoms with van der Waals surface area (Å²) in [6, 6.07) is 1.86. The van der Waals surface area contributed by atoms with Crippen molar-refractivity contribution in [1.29, 1.82) is 0 Å². The summed E-state index contributed by atoms with van der Waals surface area (Å²) in [5, 5.41) is 5.54. The minimum absolute atomic E-state index is 0.0115. The summed E-state index contributed by atoms with van der Waals surface area (Å²) in [5.41, 5.74) is 6.90. The first kappa shape index (κ1) is 12.8. The third kappa shape index (κ3) is 3.70. The van der Waals surface area contributed by atoms with Crippen molar-refractivity contribution in [1.82, 2.24) is 0 Å². The molecular formula is C12H18N2OS. The van der Waals surface area contributed by atoms with Crippen LogP contribution in [0.3, 0.4) is 0 Å². The maximum absolute atomic E-state index is 11.7. The molecule has 0 radical (unpaired) electrons. The van der Waals surface area contributed by atoms with Gasteiger partial charge in [0.15, 0.2) is 0 Å². The van der Waals surface area contributed by atoms with Gasteiger partial charge in [0, 0.05) is 17.7 Å². The lowest BCUT2D eigenvalue weighted by Gasteiger charge is -2.17. The predicted molar refractivity (Wildman–Crippen MR) is 70.2 cm³/mol. The van der Waals surface area contributed by atoms with Gasteiger partial charge in [0.25, 0.3) is 0 Å². The Morgan fingerprint density at radius 2 is 2.19 bits per heavy atom. The van der Waals surface area contributed by atoms with Crippen molar-refractivity contribution in [2.45, 2.75) is 27.2 Å². The molecular weight excluding hydrogens is 220 g/mol. The molecule has 0 atom stereocenters. The van der Waals surface area contributed by atoms with Gasteiger partial charge >= 0.3 is 0 Å². The molecule has 0 aliphatic rings. The lowest BCUT2D eigenvalue weighted by atomic mass is 9.92. The van der Waals surface area contributed by atoms with Crippen LogP contribution in [-0.4, -0.2) is 5.91 Å². The molecule has 3 N–H and O–H groups in total. The van der Waals surface area contributed by atoms with Crippen LogP contribution >= 0.6 is 11.3 Å². The van der Waals surface area contributed by atoms with E-state index in [0.29, 0.717) is 12.1 Å². The fourth-order valence-electron chi connectivity index (χ4n) is 1.31. The van der Waals surface area contributed by atoms with E-state index < -0.39 is 0 Å². The highest BCUT2D eigenvalue weighted by Gasteiger charge is 2.17. The van der Waals surface area contributed by atoms with Crippen LogP contribution in [-0.2, 0) is 4.79 Å². The molecule has 3 nitrogen and oxygen atoms in total. The first-order valence-electron chi connectivity index (χ1n) is 5.12. The Hall–Kier alpha value is -1.29. The molecule has 0 spiro atoms. The van der Waals surface area contributed by atoms with Crippen LogP contribution in [0.5, 0.6) is 0 Å². The van der Waals surface area contributed by atoms with E-state index in [1.807, 2.05) is 32.2 Å². The van der Waals surface area contributed by atoms with Crippen molar-refractivity contribution in [3.05, 3.63) is 23.6 Å². The lowest BCUT2D eigenvalue weighted by molar-refractivity contribution is -0.117. The van der Waals surface area contributed by atoms with E-state index in [1.54, 1.807) is 0 Å². The number of hydrogen-bond donors (Lipinski definition) is 2. The van der Waals surface area contributed by atoms with Crippen LogP contribution in [0.15, 0.2) is 18.0 Å². The molecule has 4 heteroatoms. The number of anilines is 1. The molecule has 0 aliphatic heterocycles. The number of rotatable bonds is 3. The molecule has 88 valence electrons. The van der Waals surface area contributed by atoms with Crippen molar-refractivity contribution in [3.63, 3.8) is 0 Å². The molecule has 0 bridgehead atoms. The second-order valence-corrected chi connectivity index (χ2v) is 5.89. The van der Waals surface area contributed by atoms with E-state index in [4.69, 9.17) is 5.73 Å². The van der Waals surface area contributed by atoms with Crippen molar-refractivity contribution in [2.75, 3.05) is 5.32 Å². The van der Waals surface area contributed by atoms with Crippen molar-refractivity contribution in [3.8, 4) is 0 Å². The molecule has 16 heavy (non-hydrogen) atoms. The summed E-state index contributed by atoms with van der Waals surface area (Å²) in [4.78, 5) is 11.7. The summed E-state index contributed by atoms with van der Waals surface area (Å²) in [6.45, 7) is 9.77. The Bertz CT molecular complexity index is 401. The fourth-order valence-corrected chi connectivity index (χ4v) is 2.15. The monoisotopic (exact) mass is 238 g/mol. The highest BCUT2D eigenvalue weighted by atomic mass is 32.1. The third-order valence-electron chi connectivity index (χ3n) is 1.96. The van der Waals surface area contributed by atoms with Crippen LogP contribution in [0.4, 0.5) is 5.00 Å². The molecule has 0 aromatic carbocycles. The van der Waals surface area contributed by atoms with Crippen LogP contribution in [0.1, 0.15) is 32.8 Å². The van der Waals surface area contributed by atoms with E-state index in [-0.39, 0.29) is 11.3 Å². The van der Waals surface area contributed by atoms with E-state index in [9.17, 15) is 4.79 Å². The van der Waals surface area contributed by atoms with Gasteiger partial charge in [0.1, 0.15) is 5.00 Å². The van der Waals surface area contributed by atoms with Gasteiger partial charge in [-0.3, -0.25) is 4.79 Å². The minimum atomic E-state index is -0.0127. The van der Waals surface area contributed by atoms with Gasteiger partial charge in [-0.15, -0.1) is 11.3 Å². The first-order valence-corrected chi connectivity index (χ1v) is 5.99. The average Bonchev–Trinajstić information content (AvgIpc) is 2.47. The quantitative estimate of drug-likeness (QED) is 0.850. The molecule has 0 aliphatic carbocycles. The second kappa shape index (κ2) is 4.70. The van der Waals surface area contributed by atoms with Gasteiger partial charge < -0.3 is 11.1 Å². The van der Waals surface area contributed by atoms with Crippen molar-refractivity contribution in [2.24, 2.45) is 11.1 Å². The topological polar surface area (TPSA) is 55.1 Å². The Morgan fingerprint density at radius 1 is 1.56 bits per heavy atom. The van der Waals surface area contributed by atoms with Crippen LogP contribution in [0.2, 0.25) is 0 Å². The van der Waals surface area contributed by atoms with E-state index in [1.165, 1.54) is 11.3 Å². The molecule has 1 rings (SSSR count). The van der Waals surface area contributed by atoms with E-state index in [2.05, 4.69) is 11.9 Å². The number of hydrogen-bond acceptors (Lipinski definition) is 3. The highest BCUT2D eigenvalue weighted by Crippen LogP contribution is 2.28. The Morgan fingerprint density at radius 3 is 2.69 bits per heavy atom. The first-order chi connectivity index (χ1) is 7.29. The normalized spacial score (nSPS) is 11.2. The van der Waals surface area contributed by atoms with Gasteiger partial charge in [0.2, 0.25) is 5.91 Å². The number of nitrogens with two attached hydrogens (primary N) is 1. The zero-order valence-corrected chi connectivity index (χ0v) is 10.8. The second-order valence-electron chi connectivity index (χ2n) is 4.97. The summed E-state index contributed by atoms with van der Waals surface area (Å²) in [5.74, 6) is 0.0115. The highest BCUT2D eigenvalue weighted by molar-refractivity contribution is 7.14. The van der Waals surface area contributed by atoms with Gasteiger partial charge in [0.05, 0.1) is 0 Å². The zero-order chi connectivity index (χ0) is 12.3. The Labute approximate surface area is 100 Å². The van der Waals surface area contributed by atoms with Gasteiger partial charge in [-0.05, 0) is 16.9 Å². The minimum Gasteiger partial charge on any atom is -0.399 e. The van der Waals surface area contributed by atoms with E-state index in [0.717, 1.165) is 10.6 Å². The molecule has 1 heterocycles. The van der Waals surface area contributed by atoms with E-state index >= 15 is 0 Å². The molecule has 0 unspecified atom stereocenters. The lowest BCUT2D eigenvalue weighted by Crippen LogP contribution is -2.19. The molecule has 0 saturated heterocycles. The zero-order valence-electron chi connectivity index (χ0n) is 9.96. The van der Waals surface area contributed by atoms with Gasteiger partial charge in [-0.25, -0.2) is 0 Å². The smallest absolute Gasteiger partial charge is 0.225 e. The average molecular weight is 238 g/mol. The summed E-state index contributed by atoms with van der Waals surface area (Å²) >= 11 is 1.46. The summed E-state index contributed by atoms with van der Waals surface area (Å²) in [7, 11) is 0. The Kier molecular flexibility index (Phi) is 3.75. The standard InChI is InChI=1S/C12H18N2OS/c1-8(13)9-5-6-16-11(9)14-10(15)7-12(2,3)4/h5-6H,1,7,13H2,2-4H3,(H,14,15). The molecule has 1 aromatic heterocycles. The van der Waals surface area contributed by atoms with Gasteiger partial charge in [-0.1, -0.05) is 27.4 Å². The third-order valence-corrected chi connectivity index (χ3v) is 2.78. The molecule has 1 aromatic rings. The van der Waals surface area contributed by atoms with Crippen molar-refractivity contribution >= 4 is 27.9 Å². The summed E-state index contributed by atoms with van der Waals surface area (Å²) < 4.78 is 0. The van der Waals surface area contributed by atoms with Crippen LogP contribution in [0, 0.1) is 5.41 Å². The largest absolute Gasteiger partial charge is 0.399 e. The number of carbonyl (C=O) groups excluding carboxylic acids is 1. The van der Waals surface area contributed by atoms with Crippen LogP contribution < -0.4 is 11.1 Å². The maximum atomic E-state index is 11.7. The number of nitrogens with one attached hydrogen (secondary N) is 1. The van der Waals surface area contributed by atoms with Crippen molar-refractivity contribution < 1.29 is 4.79 Å². The number of carbonyl (C=O) groups is 1. The van der Waals surface area contributed by atoms with Gasteiger partial charge in [-0.2, -0.15) is 0 Å². The summed E-state index contributed by atoms with van der Waals surface area (Å²) in [6.07, 6.45) is 0.487. The molecule has 0 saturated carbocycles. The van der Waals surface area contributed by atoms with Crippen LogP contribution in [0.25, 0.3) is 5.70 Å². The number of thiophene rings is 1. The number of amides is 1. The predicted octanol–water partition coefficient (Wildman–Crippen LogP) is 3.05. The SMILES string of the molecule is C=C(N)c1ccsc1NC(=O)CC(C)(C)C. The molecule has 1 amide bonds. The Balaban J connectivity index is 2.70. The maximum Gasteiger partial charge on any atom is 0.225 e. The molecule has 0 fully saturated rings. The fraction of sp³-hybridized carbons (Fsp3) is 0.417.